The molecule has 0 saturated heterocycles. The van der Waals surface area contributed by atoms with Gasteiger partial charge in [0.25, 0.3) is 0 Å². The molecule has 1 fully saturated rings. The Bertz CT molecular complexity index is 598. The van der Waals surface area contributed by atoms with Gasteiger partial charge >= 0.3 is 0 Å². The average Bonchev–Trinajstić information content (AvgIpc) is 2.95. The van der Waals surface area contributed by atoms with E-state index >= 15 is 0 Å². The average molecular weight is 319 g/mol. The number of thioether (sulfide) groups is 1. The number of rotatable bonds is 3. The minimum Gasteiger partial charge on any atom is -0.224 e. The number of hydrogen-bond donors (Lipinski definition) is 0. The molecule has 0 N–H and O–H groups in total. The van der Waals surface area contributed by atoms with Crippen LogP contribution in [0.3, 0.4) is 0 Å². The van der Waals surface area contributed by atoms with E-state index in [1.165, 1.54) is 37.4 Å². The fraction of sp³-hybridized carbons (Fsp3) is 0.667. The summed E-state index contributed by atoms with van der Waals surface area (Å²) >= 11 is 7.41. The van der Waals surface area contributed by atoms with E-state index in [4.69, 9.17) is 11.6 Å². The van der Waals surface area contributed by atoms with Gasteiger partial charge in [0.15, 0.2) is 9.84 Å². The summed E-state index contributed by atoms with van der Waals surface area (Å²) in [5.74, 6) is 1.74. The first-order chi connectivity index (χ1) is 9.06. The van der Waals surface area contributed by atoms with E-state index in [1.54, 1.807) is 0 Å². The lowest BCUT2D eigenvalue weighted by Crippen LogP contribution is -2.05. The predicted molar refractivity (Wildman–Crippen MR) is 75.5 cm³/mol. The van der Waals surface area contributed by atoms with E-state index in [1.807, 2.05) is 0 Å². The molecule has 7 heteroatoms. The summed E-state index contributed by atoms with van der Waals surface area (Å²) in [5.41, 5.74) is 0.592. The molecule has 0 unspecified atom stereocenters. The number of fused-ring (bicyclic) bond motifs is 1. The molecule has 2 heterocycles. The maximum absolute atomic E-state index is 12.0. The van der Waals surface area contributed by atoms with Crippen molar-refractivity contribution in [3.05, 3.63) is 11.0 Å². The van der Waals surface area contributed by atoms with Crippen LogP contribution in [0.2, 0.25) is 5.28 Å². The van der Waals surface area contributed by atoms with Crippen molar-refractivity contribution in [1.82, 2.24) is 9.97 Å². The number of halogens is 1. The molecule has 1 aliphatic carbocycles. The van der Waals surface area contributed by atoms with Crippen molar-refractivity contribution in [3.8, 4) is 0 Å². The molecule has 1 saturated carbocycles. The number of hydrogen-bond acceptors (Lipinski definition) is 5. The van der Waals surface area contributed by atoms with E-state index in [0.717, 1.165) is 5.75 Å². The van der Waals surface area contributed by atoms with Gasteiger partial charge in [-0.2, -0.15) is 0 Å². The Hall–Kier alpha value is -0.330. The van der Waals surface area contributed by atoms with Crippen LogP contribution in [0.15, 0.2) is 9.92 Å². The quantitative estimate of drug-likeness (QED) is 0.487. The number of aryl methyl sites for hydroxylation is 1. The van der Waals surface area contributed by atoms with Crippen LogP contribution in [0.5, 0.6) is 0 Å². The van der Waals surface area contributed by atoms with Crippen molar-refractivity contribution in [2.45, 2.75) is 42.0 Å². The van der Waals surface area contributed by atoms with Gasteiger partial charge in [-0.25, -0.2) is 18.4 Å². The van der Waals surface area contributed by atoms with Crippen LogP contribution in [-0.4, -0.2) is 29.9 Å². The standard InChI is InChI=1S/C12H15ClN2O2S2/c13-12-14-9-5-6-19(16,17)10(9)11(15-12)18-7-8-3-1-2-4-8/h8H,1-7H2. The fourth-order valence-corrected chi connectivity index (χ4v) is 6.14. The predicted octanol–water partition coefficient (Wildman–Crippen LogP) is 2.74. The normalized spacial score (nSPS) is 21.7. The molecule has 0 radical (unpaired) electrons. The second-order valence-corrected chi connectivity index (χ2v) is 8.50. The van der Waals surface area contributed by atoms with Crippen LogP contribution in [0.1, 0.15) is 31.4 Å². The number of nitrogens with zero attached hydrogens (tertiary/aromatic N) is 2. The minimum absolute atomic E-state index is 0.133. The molecule has 104 valence electrons. The number of aromatic nitrogens is 2. The van der Waals surface area contributed by atoms with E-state index in [0.29, 0.717) is 28.0 Å². The Kier molecular flexibility index (Phi) is 3.75. The van der Waals surface area contributed by atoms with Gasteiger partial charge in [0, 0.05) is 12.2 Å². The van der Waals surface area contributed by atoms with Crippen molar-refractivity contribution in [2.75, 3.05) is 11.5 Å². The van der Waals surface area contributed by atoms with Gasteiger partial charge in [0.2, 0.25) is 5.28 Å². The topological polar surface area (TPSA) is 59.9 Å². The van der Waals surface area contributed by atoms with Gasteiger partial charge in [-0.15, -0.1) is 11.8 Å². The van der Waals surface area contributed by atoms with Crippen LogP contribution in [0.4, 0.5) is 0 Å². The summed E-state index contributed by atoms with van der Waals surface area (Å²) in [6.07, 6.45) is 5.50. The molecule has 3 rings (SSSR count). The molecular formula is C12H15ClN2O2S2. The summed E-state index contributed by atoms with van der Waals surface area (Å²) in [6, 6.07) is 0. The lowest BCUT2D eigenvalue weighted by atomic mass is 10.1. The molecule has 0 atom stereocenters. The highest BCUT2D eigenvalue weighted by atomic mass is 35.5. The third-order valence-electron chi connectivity index (χ3n) is 3.73. The van der Waals surface area contributed by atoms with Gasteiger partial charge in [-0.3, -0.25) is 0 Å². The van der Waals surface area contributed by atoms with E-state index in [2.05, 4.69) is 9.97 Å². The second kappa shape index (κ2) is 5.22. The summed E-state index contributed by atoms with van der Waals surface area (Å²) in [6.45, 7) is 0. The Morgan fingerprint density at radius 3 is 2.74 bits per heavy atom. The van der Waals surface area contributed by atoms with Gasteiger partial charge in [0.05, 0.1) is 11.4 Å². The van der Waals surface area contributed by atoms with Crippen LogP contribution in [-0.2, 0) is 16.3 Å². The zero-order valence-corrected chi connectivity index (χ0v) is 12.8. The van der Waals surface area contributed by atoms with E-state index in [9.17, 15) is 8.42 Å². The minimum atomic E-state index is -3.20. The molecule has 1 aromatic heterocycles. The maximum atomic E-state index is 12.0. The van der Waals surface area contributed by atoms with Crippen LogP contribution in [0, 0.1) is 5.92 Å². The molecule has 0 amide bonds. The van der Waals surface area contributed by atoms with Crippen molar-refractivity contribution in [3.63, 3.8) is 0 Å². The highest BCUT2D eigenvalue weighted by Crippen LogP contribution is 2.36. The number of sulfone groups is 1. The largest absolute Gasteiger partial charge is 0.224 e. The first-order valence-corrected chi connectivity index (χ1v) is 9.50. The van der Waals surface area contributed by atoms with Crippen molar-refractivity contribution < 1.29 is 8.42 Å². The molecule has 2 aliphatic rings. The Morgan fingerprint density at radius 2 is 2.00 bits per heavy atom. The zero-order valence-electron chi connectivity index (χ0n) is 10.4. The van der Waals surface area contributed by atoms with E-state index < -0.39 is 9.84 Å². The van der Waals surface area contributed by atoms with Crippen molar-refractivity contribution >= 4 is 33.2 Å². The molecule has 0 aromatic carbocycles. The van der Waals surface area contributed by atoms with Crippen molar-refractivity contribution in [2.24, 2.45) is 5.92 Å². The van der Waals surface area contributed by atoms with Crippen molar-refractivity contribution in [1.29, 1.82) is 0 Å². The Labute approximate surface area is 122 Å². The maximum Gasteiger partial charge on any atom is 0.223 e. The Balaban J connectivity index is 1.88. The summed E-state index contributed by atoms with van der Waals surface area (Å²) in [4.78, 5) is 8.52. The lowest BCUT2D eigenvalue weighted by molar-refractivity contribution is 0.596. The lowest BCUT2D eigenvalue weighted by Gasteiger charge is -2.10. The van der Waals surface area contributed by atoms with Gasteiger partial charge in [-0.05, 0) is 30.4 Å². The second-order valence-electron chi connectivity index (χ2n) is 5.10. The zero-order chi connectivity index (χ0) is 13.5. The molecule has 1 aromatic rings. The SMILES string of the molecule is O=S1(=O)CCc2nc(Cl)nc(SCC3CCCC3)c21. The smallest absolute Gasteiger partial charge is 0.223 e. The fourth-order valence-electron chi connectivity index (χ4n) is 2.73. The molecule has 19 heavy (non-hydrogen) atoms. The van der Waals surface area contributed by atoms with Gasteiger partial charge in [-0.1, -0.05) is 12.8 Å². The summed E-state index contributed by atoms with van der Waals surface area (Å²) in [5, 5.41) is 0.712. The summed E-state index contributed by atoms with van der Waals surface area (Å²) < 4.78 is 24.1. The van der Waals surface area contributed by atoms with Gasteiger partial charge in [0.1, 0.15) is 9.92 Å². The van der Waals surface area contributed by atoms with Crippen LogP contribution < -0.4 is 0 Å². The highest BCUT2D eigenvalue weighted by molar-refractivity contribution is 8.00. The monoisotopic (exact) mass is 318 g/mol. The molecule has 0 bridgehead atoms. The molecular weight excluding hydrogens is 304 g/mol. The van der Waals surface area contributed by atoms with Gasteiger partial charge < -0.3 is 0 Å². The molecule has 4 nitrogen and oxygen atoms in total. The summed E-state index contributed by atoms with van der Waals surface area (Å²) in [7, 11) is -3.20. The van der Waals surface area contributed by atoms with Crippen LogP contribution in [0.25, 0.3) is 0 Å². The highest BCUT2D eigenvalue weighted by Gasteiger charge is 2.32. The third kappa shape index (κ3) is 2.76. The first-order valence-electron chi connectivity index (χ1n) is 6.48. The molecule has 1 aliphatic heterocycles. The first kappa shape index (κ1) is 13.6. The Morgan fingerprint density at radius 1 is 1.26 bits per heavy atom. The van der Waals surface area contributed by atoms with Crippen LogP contribution >= 0.6 is 23.4 Å². The third-order valence-corrected chi connectivity index (χ3v) is 7.02. The van der Waals surface area contributed by atoms with E-state index in [-0.39, 0.29) is 11.0 Å². The molecule has 0 spiro atoms.